The average molecular weight is 750 g/mol. The van der Waals surface area contributed by atoms with Gasteiger partial charge >= 0.3 is 6.09 Å². The van der Waals surface area contributed by atoms with Gasteiger partial charge in [-0.05, 0) is 44.3 Å². The number of nitrogens with one attached hydrogen (secondary N) is 2. The number of carbonyl (C=O) groups excluding carboxylic acids is 2. The van der Waals surface area contributed by atoms with E-state index in [0.29, 0.717) is 37.3 Å². The minimum absolute atomic E-state index is 0.0181. The van der Waals surface area contributed by atoms with Gasteiger partial charge in [-0.1, -0.05) is 0 Å². The fourth-order valence-corrected chi connectivity index (χ4v) is 7.47. The Balaban J connectivity index is 1.45. The molecule has 1 atom stereocenters. The predicted octanol–water partition coefficient (Wildman–Crippen LogP) is 3.01. The average Bonchev–Trinajstić information content (AvgIpc) is 3.47. The van der Waals surface area contributed by atoms with E-state index in [4.69, 9.17) is 18.9 Å². The summed E-state index contributed by atoms with van der Waals surface area (Å²) in [6.45, 7) is 5.88. The maximum absolute atomic E-state index is 14.0. The molecule has 3 heterocycles. The molecule has 1 saturated heterocycles. The molecule has 5 rings (SSSR count). The molecule has 0 saturated carbocycles. The van der Waals surface area contributed by atoms with Crippen molar-refractivity contribution in [3.05, 3.63) is 64.9 Å². The summed E-state index contributed by atoms with van der Waals surface area (Å²) in [7, 11) is 0.788. The summed E-state index contributed by atoms with van der Waals surface area (Å²) >= 11 is 0. The van der Waals surface area contributed by atoms with Crippen molar-refractivity contribution < 1.29 is 45.7 Å². The number of benzene rings is 2. The first kappa shape index (κ1) is 39.0. The maximum Gasteiger partial charge on any atom is 0.435 e. The molecule has 2 aliphatic rings. The molecule has 15 nitrogen and oxygen atoms in total. The van der Waals surface area contributed by atoms with E-state index < -0.39 is 38.6 Å². The zero-order valence-corrected chi connectivity index (χ0v) is 30.5. The second-order valence-electron chi connectivity index (χ2n) is 12.6. The number of amides is 1. The fourth-order valence-electron chi connectivity index (χ4n) is 6.01. The lowest BCUT2D eigenvalue weighted by Crippen LogP contribution is -2.44. The molecule has 3 aromatic rings. The Morgan fingerprint density at radius 1 is 0.942 bits per heavy atom. The largest absolute Gasteiger partial charge is 0.445 e. The van der Waals surface area contributed by atoms with Crippen molar-refractivity contribution in [2.75, 3.05) is 103 Å². The van der Waals surface area contributed by atoms with Crippen molar-refractivity contribution in [2.24, 2.45) is 0 Å². The Kier molecular flexibility index (Phi) is 13.2. The number of rotatable bonds is 15. The molecule has 18 heteroatoms. The number of piperazine rings is 1. The van der Waals surface area contributed by atoms with E-state index in [2.05, 4.69) is 32.6 Å². The highest BCUT2D eigenvalue weighted by molar-refractivity contribution is 7.89. The number of anilines is 3. The number of fused-ring (bicyclic) bond motifs is 1. The third kappa shape index (κ3) is 9.42. The van der Waals surface area contributed by atoms with Gasteiger partial charge in [-0.3, -0.25) is 4.79 Å². The van der Waals surface area contributed by atoms with Crippen molar-refractivity contribution >= 4 is 39.2 Å². The number of methoxy groups -OCH3 is 2. The zero-order chi connectivity index (χ0) is 37.4. The summed E-state index contributed by atoms with van der Waals surface area (Å²) in [5, 5.41) is 10.5. The molecular formula is C34H45F2N7O8S. The molecule has 2 N–H and O–H groups in total. The van der Waals surface area contributed by atoms with Crippen LogP contribution in [-0.2, 0) is 41.9 Å². The number of halogens is 2. The van der Waals surface area contributed by atoms with Crippen LogP contribution in [0.2, 0.25) is 0 Å². The van der Waals surface area contributed by atoms with Gasteiger partial charge in [0.1, 0.15) is 18.2 Å². The van der Waals surface area contributed by atoms with E-state index in [9.17, 15) is 26.8 Å². The highest BCUT2D eigenvalue weighted by Crippen LogP contribution is 2.32. The smallest absolute Gasteiger partial charge is 0.435 e. The normalized spacial score (nSPS) is 16.0. The Bertz CT molecular complexity index is 1820. The first-order chi connectivity index (χ1) is 24.9. The van der Waals surface area contributed by atoms with Gasteiger partial charge < -0.3 is 39.4 Å². The number of ether oxygens (including phenoxy) is 4. The molecule has 1 unspecified atom stereocenters. The van der Waals surface area contributed by atoms with Gasteiger partial charge in [0.2, 0.25) is 10.0 Å². The van der Waals surface area contributed by atoms with Crippen LogP contribution in [0.5, 0.6) is 0 Å². The second-order valence-corrected chi connectivity index (χ2v) is 14.5. The summed E-state index contributed by atoms with van der Waals surface area (Å²) in [5.74, 6) is -2.74. The third-order valence-corrected chi connectivity index (χ3v) is 10.5. The van der Waals surface area contributed by atoms with Crippen LogP contribution < -0.4 is 15.5 Å². The van der Waals surface area contributed by atoms with Crippen LogP contribution in [0.4, 0.5) is 30.8 Å². The second kappa shape index (κ2) is 17.5. The minimum Gasteiger partial charge on any atom is -0.445 e. The Labute approximate surface area is 301 Å². The third-order valence-electron chi connectivity index (χ3n) is 8.72. The molecule has 0 spiro atoms. The first-order valence-electron chi connectivity index (χ1n) is 16.9. The van der Waals surface area contributed by atoms with E-state index >= 15 is 0 Å². The molecular weight excluding hydrogens is 704 g/mol. The van der Waals surface area contributed by atoms with Crippen molar-refractivity contribution in [1.29, 1.82) is 0 Å². The SMILES string of the molecule is COCCOCCOC(=O)n1nc(NC(=O)c2ccc(N3CCN(C)CC3)cc2NC(C)COC)c2c1CCN(S(=O)(=O)c1cc(F)cc(F)c1)C2. The molecule has 0 aliphatic carbocycles. The summed E-state index contributed by atoms with van der Waals surface area (Å²) in [6, 6.07) is 7.34. The molecule has 52 heavy (non-hydrogen) atoms. The fraction of sp³-hybridized carbons (Fsp3) is 0.500. The molecule has 1 fully saturated rings. The van der Waals surface area contributed by atoms with Crippen LogP contribution in [0.3, 0.4) is 0 Å². The van der Waals surface area contributed by atoms with Crippen molar-refractivity contribution in [1.82, 2.24) is 19.0 Å². The van der Waals surface area contributed by atoms with Gasteiger partial charge in [-0.2, -0.15) is 8.99 Å². The van der Waals surface area contributed by atoms with Gasteiger partial charge in [0, 0.05) is 89.0 Å². The number of carbonyl (C=O) groups is 2. The minimum atomic E-state index is -4.40. The van der Waals surface area contributed by atoms with Gasteiger partial charge in [-0.25, -0.2) is 22.0 Å². The Morgan fingerprint density at radius 3 is 2.35 bits per heavy atom. The van der Waals surface area contributed by atoms with Crippen LogP contribution in [0, 0.1) is 11.6 Å². The van der Waals surface area contributed by atoms with E-state index in [1.807, 2.05) is 19.1 Å². The quantitative estimate of drug-likeness (QED) is 0.220. The highest BCUT2D eigenvalue weighted by atomic mass is 32.2. The number of sulfonamides is 1. The first-order valence-corrected chi connectivity index (χ1v) is 18.3. The van der Waals surface area contributed by atoms with Gasteiger partial charge in [0.25, 0.3) is 5.91 Å². The van der Waals surface area contributed by atoms with Crippen LogP contribution in [0.15, 0.2) is 41.3 Å². The highest BCUT2D eigenvalue weighted by Gasteiger charge is 2.35. The van der Waals surface area contributed by atoms with Crippen LogP contribution in [0.25, 0.3) is 0 Å². The van der Waals surface area contributed by atoms with Crippen molar-refractivity contribution in [3.8, 4) is 0 Å². The van der Waals surface area contributed by atoms with Gasteiger partial charge in [0.15, 0.2) is 5.82 Å². The number of likely N-dealkylation sites (N-methyl/N-ethyl adjacent to an activating group) is 1. The summed E-state index contributed by atoms with van der Waals surface area (Å²) < 4.78 is 78.2. The van der Waals surface area contributed by atoms with E-state index in [-0.39, 0.29) is 55.7 Å². The van der Waals surface area contributed by atoms with Crippen LogP contribution >= 0.6 is 0 Å². The molecule has 2 aromatic carbocycles. The van der Waals surface area contributed by atoms with E-state index in [0.717, 1.165) is 53.0 Å². The predicted molar refractivity (Wildman–Crippen MR) is 188 cm³/mol. The molecule has 284 valence electrons. The number of nitrogens with zero attached hydrogens (tertiary/aromatic N) is 5. The molecule has 2 aliphatic heterocycles. The van der Waals surface area contributed by atoms with Crippen molar-refractivity contribution in [3.63, 3.8) is 0 Å². The van der Waals surface area contributed by atoms with Gasteiger partial charge in [-0.15, -0.1) is 5.10 Å². The lowest BCUT2D eigenvalue weighted by molar-refractivity contribution is 0.0417. The van der Waals surface area contributed by atoms with E-state index in [1.165, 1.54) is 7.11 Å². The van der Waals surface area contributed by atoms with Crippen LogP contribution in [-0.4, -0.2) is 132 Å². The molecule has 1 amide bonds. The number of hydrogen-bond acceptors (Lipinski definition) is 12. The van der Waals surface area contributed by atoms with E-state index in [1.54, 1.807) is 13.2 Å². The lowest BCUT2D eigenvalue weighted by Gasteiger charge is -2.34. The summed E-state index contributed by atoms with van der Waals surface area (Å²) in [5.41, 5.74) is 2.29. The van der Waals surface area contributed by atoms with Crippen LogP contribution in [0.1, 0.15) is 28.5 Å². The molecule has 0 bridgehead atoms. The summed E-state index contributed by atoms with van der Waals surface area (Å²) in [6.07, 6.45) is -0.877. The Morgan fingerprint density at radius 2 is 1.65 bits per heavy atom. The van der Waals surface area contributed by atoms with Gasteiger partial charge in [0.05, 0.1) is 42.6 Å². The zero-order valence-electron chi connectivity index (χ0n) is 29.7. The number of aromatic nitrogens is 2. The molecule has 1 aromatic heterocycles. The monoisotopic (exact) mass is 749 g/mol. The Hall–Kier alpha value is -4.20. The topological polar surface area (TPSA) is 157 Å². The maximum atomic E-state index is 14.0. The van der Waals surface area contributed by atoms with Crippen molar-refractivity contribution in [2.45, 2.75) is 30.8 Å². The standard InChI is InChI=1S/C34H45F2N7O8S/c1-23(22-49-4)37-30-20-26(41-11-9-40(2)10-12-41)5-6-28(30)33(44)38-32-29-21-42(52(46,47)27-18-24(35)17-25(36)19-27)8-7-31(29)43(39-32)34(45)51-16-15-50-14-13-48-3/h5-6,17-20,23,37H,7-16,21-22H2,1-4H3,(H,38,39,44). The lowest BCUT2D eigenvalue weighted by atomic mass is 10.1. The molecule has 0 radical (unpaired) electrons. The summed E-state index contributed by atoms with van der Waals surface area (Å²) in [4.78, 5) is 31.2. The number of hydrogen-bond donors (Lipinski definition) is 2.